The molecule has 2 fully saturated rings. The Labute approximate surface area is 229 Å². The van der Waals surface area contributed by atoms with Crippen LogP contribution in [0.25, 0.3) is 0 Å². The molecule has 0 spiro atoms. The third kappa shape index (κ3) is 5.06. The molecule has 2 saturated heterocycles. The largest absolute Gasteiger partial charge is 0.480 e. The second-order valence-corrected chi connectivity index (χ2v) is 10.8. The van der Waals surface area contributed by atoms with Crippen molar-refractivity contribution in [2.45, 2.75) is 37.9 Å². The second-order valence-electron chi connectivity index (χ2n) is 10.8. The number of carboxylic acids is 1. The van der Waals surface area contributed by atoms with E-state index >= 15 is 0 Å². The first-order valence-corrected chi connectivity index (χ1v) is 13.6. The minimum Gasteiger partial charge on any atom is -0.480 e. The van der Waals surface area contributed by atoms with Crippen LogP contribution in [0.2, 0.25) is 0 Å². The van der Waals surface area contributed by atoms with Crippen molar-refractivity contribution in [2.75, 3.05) is 19.6 Å². The number of carbonyl (C=O) groups is 3. The summed E-state index contributed by atoms with van der Waals surface area (Å²) in [6, 6.07) is 29.6. The predicted octanol–water partition coefficient (Wildman–Crippen LogP) is 3.74. The molecule has 0 aromatic heterocycles. The third-order valence-electron chi connectivity index (χ3n) is 8.00. The molecule has 4 atom stereocenters. The van der Waals surface area contributed by atoms with Crippen molar-refractivity contribution in [1.29, 1.82) is 0 Å². The molecule has 7 heteroatoms. The molecule has 5 rings (SSSR count). The normalized spacial score (nSPS) is 21.4. The van der Waals surface area contributed by atoms with Gasteiger partial charge in [-0.15, -0.1) is 0 Å². The molecule has 2 aliphatic heterocycles. The average Bonchev–Trinajstić information content (AvgIpc) is 3.59. The average molecular weight is 526 g/mol. The lowest BCUT2D eigenvalue weighted by Gasteiger charge is -2.38. The lowest BCUT2D eigenvalue weighted by molar-refractivity contribution is -0.143. The van der Waals surface area contributed by atoms with E-state index in [0.29, 0.717) is 26.1 Å². The van der Waals surface area contributed by atoms with Crippen LogP contribution in [0.15, 0.2) is 91.0 Å². The molecule has 0 bridgehead atoms. The van der Waals surface area contributed by atoms with Gasteiger partial charge >= 0.3 is 5.97 Å². The van der Waals surface area contributed by atoms with Gasteiger partial charge in [0.15, 0.2) is 0 Å². The van der Waals surface area contributed by atoms with Gasteiger partial charge in [-0.25, -0.2) is 4.79 Å². The number of hydrogen-bond acceptors (Lipinski definition) is 4. The second kappa shape index (κ2) is 11.0. The summed E-state index contributed by atoms with van der Waals surface area (Å²) in [4.78, 5) is 42.3. The van der Waals surface area contributed by atoms with Gasteiger partial charge in [-0.1, -0.05) is 105 Å². The van der Waals surface area contributed by atoms with Crippen LogP contribution in [0.1, 0.15) is 37.0 Å². The molecule has 1 unspecified atom stereocenters. The number of benzene rings is 3. The van der Waals surface area contributed by atoms with Gasteiger partial charge in [0.2, 0.25) is 11.8 Å². The third-order valence-corrected chi connectivity index (χ3v) is 8.00. The molecule has 2 heterocycles. The van der Waals surface area contributed by atoms with Crippen molar-refractivity contribution in [3.63, 3.8) is 0 Å². The number of carbonyl (C=O) groups excluding carboxylic acids is 2. The Morgan fingerprint density at radius 3 is 1.74 bits per heavy atom. The zero-order chi connectivity index (χ0) is 27.6. The van der Waals surface area contributed by atoms with E-state index in [9.17, 15) is 19.5 Å². The number of aliphatic carboxylic acids is 1. The van der Waals surface area contributed by atoms with E-state index in [1.807, 2.05) is 54.6 Å². The molecule has 2 N–H and O–H groups in total. The Morgan fingerprint density at radius 1 is 0.821 bits per heavy atom. The smallest absolute Gasteiger partial charge is 0.326 e. The van der Waals surface area contributed by atoms with Gasteiger partial charge in [-0.3, -0.25) is 14.5 Å². The molecule has 2 aliphatic rings. The molecule has 3 aromatic rings. The van der Waals surface area contributed by atoms with Gasteiger partial charge in [-0.05, 0) is 29.0 Å². The zero-order valence-corrected chi connectivity index (χ0v) is 22.4. The summed E-state index contributed by atoms with van der Waals surface area (Å²) >= 11 is 0. The van der Waals surface area contributed by atoms with Gasteiger partial charge in [0.05, 0.1) is 11.5 Å². The van der Waals surface area contributed by atoms with E-state index in [-0.39, 0.29) is 23.8 Å². The van der Waals surface area contributed by atoms with Crippen molar-refractivity contribution in [3.8, 4) is 0 Å². The van der Waals surface area contributed by atoms with Crippen LogP contribution in [0.5, 0.6) is 0 Å². The summed E-state index contributed by atoms with van der Waals surface area (Å²) in [6.45, 7) is 4.91. The molecule has 0 aliphatic carbocycles. The topological polar surface area (TPSA) is 89.7 Å². The summed E-state index contributed by atoms with van der Waals surface area (Å²) in [5, 5.41) is 12.1. The first-order valence-electron chi connectivity index (χ1n) is 13.6. The SMILES string of the molecule is CC(C)[C@H](NC(=O)[C@H]1CCN(C(=O)C2C[N@@]2C(c2ccccc2)(c2ccccc2)c2ccccc2)C1)C(=O)O. The molecular weight excluding hydrogens is 490 g/mol. The molecule has 0 saturated carbocycles. The van der Waals surface area contributed by atoms with Crippen molar-refractivity contribution in [3.05, 3.63) is 108 Å². The van der Waals surface area contributed by atoms with Crippen molar-refractivity contribution in [2.24, 2.45) is 11.8 Å². The number of amides is 2. The molecule has 2 amide bonds. The van der Waals surface area contributed by atoms with Crippen LogP contribution in [0, 0.1) is 11.8 Å². The van der Waals surface area contributed by atoms with Gasteiger partial charge in [-0.2, -0.15) is 0 Å². The predicted molar refractivity (Wildman–Crippen MR) is 149 cm³/mol. The maximum absolute atomic E-state index is 13.8. The fraction of sp³-hybridized carbons (Fsp3) is 0.344. The summed E-state index contributed by atoms with van der Waals surface area (Å²) in [6.07, 6.45) is 0.524. The fourth-order valence-corrected chi connectivity index (χ4v) is 5.93. The summed E-state index contributed by atoms with van der Waals surface area (Å²) in [5.41, 5.74) is 2.62. The van der Waals surface area contributed by atoms with E-state index in [0.717, 1.165) is 16.7 Å². The molecule has 39 heavy (non-hydrogen) atoms. The maximum Gasteiger partial charge on any atom is 0.326 e. The molecular formula is C32H35N3O4. The van der Waals surface area contributed by atoms with Crippen molar-refractivity contribution in [1.82, 2.24) is 15.1 Å². The van der Waals surface area contributed by atoms with Crippen LogP contribution < -0.4 is 5.32 Å². The summed E-state index contributed by atoms with van der Waals surface area (Å²) in [7, 11) is 0. The first kappa shape index (κ1) is 26.6. The van der Waals surface area contributed by atoms with E-state index in [1.165, 1.54) is 0 Å². The Kier molecular flexibility index (Phi) is 7.53. The van der Waals surface area contributed by atoms with E-state index in [1.54, 1.807) is 18.7 Å². The van der Waals surface area contributed by atoms with Gasteiger partial charge < -0.3 is 15.3 Å². The highest BCUT2D eigenvalue weighted by atomic mass is 16.4. The fourth-order valence-electron chi connectivity index (χ4n) is 5.93. The highest BCUT2D eigenvalue weighted by Crippen LogP contribution is 2.48. The van der Waals surface area contributed by atoms with Crippen molar-refractivity contribution >= 4 is 17.8 Å². The summed E-state index contributed by atoms with van der Waals surface area (Å²) in [5.74, 6) is -1.98. The summed E-state index contributed by atoms with van der Waals surface area (Å²) < 4.78 is 0. The molecule has 7 nitrogen and oxygen atoms in total. The van der Waals surface area contributed by atoms with Crippen LogP contribution in [-0.4, -0.2) is 64.4 Å². The number of hydrogen-bond donors (Lipinski definition) is 2. The zero-order valence-electron chi connectivity index (χ0n) is 22.4. The minimum atomic E-state index is -1.04. The number of nitrogens with one attached hydrogen (secondary N) is 1. The van der Waals surface area contributed by atoms with Crippen LogP contribution in [-0.2, 0) is 19.9 Å². The van der Waals surface area contributed by atoms with Crippen molar-refractivity contribution < 1.29 is 19.5 Å². The van der Waals surface area contributed by atoms with Gasteiger partial charge in [0.1, 0.15) is 12.1 Å². The maximum atomic E-state index is 13.8. The standard InChI is InChI=1S/C32H35N3O4/c1-22(2)28(31(38)39)33-29(36)23-18-19-34(20-23)30(37)27-21-35(27)32(24-12-6-3-7-13-24,25-14-8-4-9-15-25)26-16-10-5-11-17-26/h3-17,22-23,27-28H,18-21H2,1-2H3,(H,33,36)(H,38,39)/t23-,27?,28-,35+/m0/s1. The van der Waals surface area contributed by atoms with E-state index in [2.05, 4.69) is 46.6 Å². The Bertz CT molecular complexity index is 1220. The van der Waals surface area contributed by atoms with E-state index in [4.69, 9.17) is 0 Å². The Hall–Kier alpha value is -3.97. The van der Waals surface area contributed by atoms with Gasteiger partial charge in [0.25, 0.3) is 0 Å². The molecule has 202 valence electrons. The highest BCUT2D eigenvalue weighted by molar-refractivity contribution is 5.89. The monoisotopic (exact) mass is 525 g/mol. The molecule has 3 aromatic carbocycles. The minimum absolute atomic E-state index is 0.0103. The molecule has 0 radical (unpaired) electrons. The number of likely N-dealkylation sites (tertiary alicyclic amines) is 1. The Morgan fingerprint density at radius 2 is 1.31 bits per heavy atom. The van der Waals surface area contributed by atoms with Gasteiger partial charge in [0, 0.05) is 19.6 Å². The van der Waals surface area contributed by atoms with Crippen LogP contribution in [0.4, 0.5) is 0 Å². The number of nitrogens with zero attached hydrogens (tertiary/aromatic N) is 2. The first-order chi connectivity index (χ1) is 18.8. The number of carboxylic acid groups (broad SMARTS) is 1. The highest BCUT2D eigenvalue weighted by Gasteiger charge is 2.57. The van der Waals surface area contributed by atoms with Crippen LogP contribution in [0.3, 0.4) is 0 Å². The lowest BCUT2D eigenvalue weighted by atomic mass is 9.76. The van der Waals surface area contributed by atoms with E-state index < -0.39 is 23.5 Å². The Balaban J connectivity index is 1.41. The van der Waals surface area contributed by atoms with Crippen LogP contribution >= 0.6 is 0 Å². The number of rotatable bonds is 9. The lowest BCUT2D eigenvalue weighted by Crippen LogP contribution is -2.47. The quantitative estimate of drug-likeness (QED) is 0.328.